The average Bonchev–Trinajstić information content (AvgIpc) is 2.96. The summed E-state index contributed by atoms with van der Waals surface area (Å²) in [6, 6.07) is 8.64. The lowest BCUT2D eigenvalue weighted by Crippen LogP contribution is -2.39. The fourth-order valence-corrected chi connectivity index (χ4v) is 4.18. The van der Waals surface area contributed by atoms with Crippen molar-refractivity contribution >= 4 is 17.3 Å². The van der Waals surface area contributed by atoms with E-state index in [0.717, 1.165) is 24.3 Å². The number of hydrogen-bond acceptors (Lipinski definition) is 4. The van der Waals surface area contributed by atoms with E-state index >= 15 is 0 Å². The normalized spacial score (nSPS) is 18.0. The van der Waals surface area contributed by atoms with Gasteiger partial charge in [-0.2, -0.15) is 0 Å². The molecule has 4 nitrogen and oxygen atoms in total. The summed E-state index contributed by atoms with van der Waals surface area (Å²) in [4.78, 5) is 20.8. The first-order valence-electron chi connectivity index (χ1n) is 8.00. The molecule has 122 valence electrons. The Balaban J connectivity index is 1.87. The molecular formula is C18H22N2O2S. The molecule has 1 unspecified atom stereocenters. The van der Waals surface area contributed by atoms with Gasteiger partial charge >= 0.3 is 5.97 Å². The predicted octanol–water partition coefficient (Wildman–Crippen LogP) is 3.65. The van der Waals surface area contributed by atoms with Gasteiger partial charge in [0.25, 0.3) is 0 Å². The van der Waals surface area contributed by atoms with Crippen LogP contribution >= 0.6 is 11.3 Å². The number of rotatable bonds is 4. The van der Waals surface area contributed by atoms with Crippen molar-refractivity contribution < 1.29 is 9.90 Å². The van der Waals surface area contributed by atoms with Crippen molar-refractivity contribution in [3.05, 3.63) is 51.5 Å². The van der Waals surface area contributed by atoms with Crippen LogP contribution in [0.25, 0.3) is 0 Å². The van der Waals surface area contributed by atoms with Crippen LogP contribution in [0.1, 0.15) is 39.9 Å². The lowest BCUT2D eigenvalue weighted by Gasteiger charge is -2.35. The SMILES string of the molecule is Cc1ccc(C(c2ccc(C)s2)N2CCC(C(=O)O)CC2)nc1. The second kappa shape index (κ2) is 6.81. The molecule has 3 rings (SSSR count). The molecule has 23 heavy (non-hydrogen) atoms. The highest BCUT2D eigenvalue weighted by Crippen LogP contribution is 2.35. The molecule has 0 aliphatic carbocycles. The summed E-state index contributed by atoms with van der Waals surface area (Å²) in [5.74, 6) is -0.871. The first kappa shape index (κ1) is 16.1. The number of hydrogen-bond donors (Lipinski definition) is 1. The number of likely N-dealkylation sites (tertiary alicyclic amines) is 1. The van der Waals surface area contributed by atoms with Gasteiger partial charge in [0.1, 0.15) is 0 Å². The number of thiophene rings is 1. The lowest BCUT2D eigenvalue weighted by atomic mass is 9.95. The minimum absolute atomic E-state index is 0.129. The fraction of sp³-hybridized carbons (Fsp3) is 0.444. The van der Waals surface area contributed by atoms with Gasteiger partial charge in [-0.15, -0.1) is 11.3 Å². The number of carbonyl (C=O) groups is 1. The van der Waals surface area contributed by atoms with Gasteiger partial charge in [-0.05, 0) is 63.5 Å². The number of aryl methyl sites for hydroxylation is 2. The van der Waals surface area contributed by atoms with Crippen LogP contribution in [0, 0.1) is 19.8 Å². The van der Waals surface area contributed by atoms with E-state index in [1.165, 1.54) is 9.75 Å². The molecule has 0 aromatic carbocycles. The van der Waals surface area contributed by atoms with E-state index in [2.05, 4.69) is 41.1 Å². The minimum atomic E-state index is -0.665. The molecule has 0 radical (unpaired) electrons. The van der Waals surface area contributed by atoms with Gasteiger partial charge in [0.15, 0.2) is 0 Å². The quantitative estimate of drug-likeness (QED) is 0.930. The minimum Gasteiger partial charge on any atom is -0.481 e. The summed E-state index contributed by atoms with van der Waals surface area (Å²) in [5, 5.41) is 9.20. The van der Waals surface area contributed by atoms with Gasteiger partial charge in [0.05, 0.1) is 17.7 Å². The Morgan fingerprint density at radius 2 is 2.00 bits per heavy atom. The van der Waals surface area contributed by atoms with Crippen LogP contribution in [0.2, 0.25) is 0 Å². The maximum Gasteiger partial charge on any atom is 0.306 e. The van der Waals surface area contributed by atoms with Crippen LogP contribution in [-0.2, 0) is 4.79 Å². The van der Waals surface area contributed by atoms with Crippen molar-refractivity contribution in [3.63, 3.8) is 0 Å². The summed E-state index contributed by atoms with van der Waals surface area (Å²) >= 11 is 1.80. The number of nitrogens with zero attached hydrogens (tertiary/aromatic N) is 2. The number of aliphatic carboxylic acids is 1. The molecule has 1 fully saturated rings. The van der Waals surface area contributed by atoms with E-state index in [9.17, 15) is 9.90 Å². The summed E-state index contributed by atoms with van der Waals surface area (Å²) in [6.07, 6.45) is 3.33. The smallest absolute Gasteiger partial charge is 0.306 e. The molecule has 1 saturated heterocycles. The zero-order chi connectivity index (χ0) is 16.4. The standard InChI is InChI=1S/C18H22N2O2S/c1-12-3-5-15(19-11-12)17(16-6-4-13(2)23-16)20-9-7-14(8-10-20)18(21)22/h3-6,11,14,17H,7-10H2,1-2H3,(H,21,22). The van der Waals surface area contributed by atoms with Gasteiger partial charge in [-0.3, -0.25) is 14.7 Å². The van der Waals surface area contributed by atoms with Crippen LogP contribution in [0.15, 0.2) is 30.5 Å². The van der Waals surface area contributed by atoms with E-state index in [4.69, 9.17) is 0 Å². The third kappa shape index (κ3) is 3.62. The largest absolute Gasteiger partial charge is 0.481 e. The van der Waals surface area contributed by atoms with E-state index < -0.39 is 5.97 Å². The number of carboxylic acid groups (broad SMARTS) is 1. The van der Waals surface area contributed by atoms with Crippen molar-refractivity contribution in [1.82, 2.24) is 9.88 Å². The van der Waals surface area contributed by atoms with E-state index in [-0.39, 0.29) is 12.0 Å². The Bertz CT molecular complexity index is 673. The molecule has 2 aromatic heterocycles. The maximum atomic E-state index is 11.2. The van der Waals surface area contributed by atoms with Gasteiger partial charge in [0.2, 0.25) is 0 Å². The van der Waals surface area contributed by atoms with Crippen molar-refractivity contribution in [2.24, 2.45) is 5.92 Å². The number of carboxylic acids is 1. The van der Waals surface area contributed by atoms with Crippen LogP contribution in [0.4, 0.5) is 0 Å². The van der Waals surface area contributed by atoms with Crippen molar-refractivity contribution in [2.45, 2.75) is 32.7 Å². The van der Waals surface area contributed by atoms with Gasteiger partial charge in [-0.25, -0.2) is 0 Å². The number of aromatic nitrogens is 1. The molecule has 1 aliphatic heterocycles. The molecule has 5 heteroatoms. The number of piperidine rings is 1. The fourth-order valence-electron chi connectivity index (χ4n) is 3.16. The lowest BCUT2D eigenvalue weighted by molar-refractivity contribution is -0.143. The molecule has 2 aromatic rings. The molecule has 0 saturated carbocycles. The van der Waals surface area contributed by atoms with Crippen molar-refractivity contribution in [1.29, 1.82) is 0 Å². The van der Waals surface area contributed by atoms with Crippen molar-refractivity contribution in [2.75, 3.05) is 13.1 Å². The van der Waals surface area contributed by atoms with Gasteiger partial charge in [0, 0.05) is 16.0 Å². The van der Waals surface area contributed by atoms with Gasteiger partial charge < -0.3 is 5.11 Å². The summed E-state index contributed by atoms with van der Waals surface area (Å²) in [6.45, 7) is 5.76. The first-order valence-corrected chi connectivity index (χ1v) is 8.82. The topological polar surface area (TPSA) is 53.4 Å². The van der Waals surface area contributed by atoms with Crippen LogP contribution in [0.3, 0.4) is 0 Å². The second-order valence-corrected chi connectivity index (χ2v) is 7.58. The Kier molecular flexibility index (Phi) is 4.78. The molecule has 0 spiro atoms. The molecule has 1 N–H and O–H groups in total. The molecule has 0 bridgehead atoms. The second-order valence-electron chi connectivity index (χ2n) is 6.26. The third-order valence-electron chi connectivity index (χ3n) is 4.49. The Morgan fingerprint density at radius 1 is 1.26 bits per heavy atom. The highest BCUT2D eigenvalue weighted by Gasteiger charge is 2.31. The van der Waals surface area contributed by atoms with E-state index in [1.54, 1.807) is 11.3 Å². The average molecular weight is 330 g/mol. The summed E-state index contributed by atoms with van der Waals surface area (Å²) < 4.78 is 0. The molecular weight excluding hydrogens is 308 g/mol. The molecule has 1 aliphatic rings. The predicted molar refractivity (Wildman–Crippen MR) is 91.8 cm³/mol. The summed E-state index contributed by atoms with van der Waals surface area (Å²) in [5.41, 5.74) is 2.20. The first-order chi connectivity index (χ1) is 11.0. The number of pyridine rings is 1. The Morgan fingerprint density at radius 3 is 2.52 bits per heavy atom. The zero-order valence-electron chi connectivity index (χ0n) is 13.5. The zero-order valence-corrected chi connectivity index (χ0v) is 14.3. The molecule has 3 heterocycles. The van der Waals surface area contributed by atoms with Gasteiger partial charge in [-0.1, -0.05) is 6.07 Å². The maximum absolute atomic E-state index is 11.2. The Labute approximate surface area is 140 Å². The van der Waals surface area contributed by atoms with E-state index in [1.807, 2.05) is 13.1 Å². The summed E-state index contributed by atoms with van der Waals surface area (Å²) in [7, 11) is 0. The molecule has 0 amide bonds. The van der Waals surface area contributed by atoms with Crippen LogP contribution < -0.4 is 0 Å². The monoisotopic (exact) mass is 330 g/mol. The van der Waals surface area contributed by atoms with E-state index in [0.29, 0.717) is 12.8 Å². The van der Waals surface area contributed by atoms with Crippen LogP contribution in [-0.4, -0.2) is 34.0 Å². The third-order valence-corrected chi connectivity index (χ3v) is 5.54. The Hall–Kier alpha value is -1.72. The van der Waals surface area contributed by atoms with Crippen molar-refractivity contribution in [3.8, 4) is 0 Å². The van der Waals surface area contributed by atoms with Crippen LogP contribution in [0.5, 0.6) is 0 Å². The highest BCUT2D eigenvalue weighted by molar-refractivity contribution is 7.12. The molecule has 1 atom stereocenters. The highest BCUT2D eigenvalue weighted by atomic mass is 32.1.